The van der Waals surface area contributed by atoms with Crippen molar-refractivity contribution >= 4 is 28.4 Å². The first-order valence-corrected chi connectivity index (χ1v) is 11.5. The molecule has 2 unspecified atom stereocenters. The molecule has 1 N–H and O–H groups in total. The maximum atomic E-state index is 13.2. The summed E-state index contributed by atoms with van der Waals surface area (Å²) < 4.78 is 28.5. The van der Waals surface area contributed by atoms with Crippen LogP contribution in [0.5, 0.6) is 0 Å². The fourth-order valence-electron chi connectivity index (χ4n) is 3.84. The summed E-state index contributed by atoms with van der Waals surface area (Å²) in [4.78, 5) is 6.67. The zero-order chi connectivity index (χ0) is 20.9. The second-order valence-electron chi connectivity index (χ2n) is 7.36. The number of benzene rings is 2. The van der Waals surface area contributed by atoms with Gasteiger partial charge in [0.15, 0.2) is 11.0 Å². The monoisotopic (exact) mass is 443 g/mol. The summed E-state index contributed by atoms with van der Waals surface area (Å²) in [5, 5.41) is 0.576. The highest BCUT2D eigenvalue weighted by atomic mass is 35.5. The van der Waals surface area contributed by atoms with Crippen molar-refractivity contribution in [1.29, 1.82) is 0 Å². The lowest BCUT2D eigenvalue weighted by molar-refractivity contribution is 0.140. The van der Waals surface area contributed by atoms with Crippen LogP contribution in [-0.4, -0.2) is 20.6 Å². The summed E-state index contributed by atoms with van der Waals surface area (Å²) in [7, 11) is -1.58. The summed E-state index contributed by atoms with van der Waals surface area (Å²) in [5.41, 5.74) is 2.34. The molecule has 0 saturated carbocycles. The third-order valence-corrected chi connectivity index (χ3v) is 6.75. The molecule has 0 amide bonds. The van der Waals surface area contributed by atoms with Gasteiger partial charge in [-0.15, -0.1) is 0 Å². The lowest BCUT2D eigenvalue weighted by Crippen LogP contribution is -2.33. The molecule has 0 aliphatic carbocycles. The van der Waals surface area contributed by atoms with Gasteiger partial charge in [-0.25, -0.2) is 9.19 Å². The van der Waals surface area contributed by atoms with Crippen LogP contribution in [-0.2, 0) is 17.5 Å². The predicted octanol–water partition coefficient (Wildman–Crippen LogP) is 5.74. The highest BCUT2D eigenvalue weighted by Gasteiger charge is 2.24. The normalized spacial score (nSPS) is 18.1. The van der Waals surface area contributed by atoms with Gasteiger partial charge in [-0.2, -0.15) is 4.39 Å². The van der Waals surface area contributed by atoms with E-state index in [1.165, 1.54) is 30.5 Å². The van der Waals surface area contributed by atoms with Gasteiger partial charge in [-0.1, -0.05) is 60.5 Å². The Morgan fingerprint density at radius 3 is 2.70 bits per heavy atom. The summed E-state index contributed by atoms with van der Waals surface area (Å²) in [6.07, 6.45) is 3.53. The molecule has 2 atom stereocenters. The molecular formula is C23H23ClFN3OS. The smallest absolute Gasteiger partial charge is 0.214 e. The topological polar surface area (TPSA) is 45.2 Å². The third kappa shape index (κ3) is 5.06. The number of nitrogens with zero attached hydrogens (tertiary/aromatic N) is 2. The first-order chi connectivity index (χ1) is 14.6. The van der Waals surface area contributed by atoms with Gasteiger partial charge in [0.2, 0.25) is 5.95 Å². The zero-order valence-electron chi connectivity index (χ0n) is 16.4. The van der Waals surface area contributed by atoms with Crippen molar-refractivity contribution in [1.82, 2.24) is 9.88 Å². The number of pyridine rings is 1. The zero-order valence-corrected chi connectivity index (χ0v) is 18.0. The Hall–Kier alpha value is -2.28. The lowest BCUT2D eigenvalue weighted by Gasteiger charge is -2.36. The Balaban J connectivity index is 1.48. The fraction of sp³-hybridized carbons (Fsp3) is 0.261. The Morgan fingerprint density at radius 2 is 1.93 bits per heavy atom. The van der Waals surface area contributed by atoms with Crippen molar-refractivity contribution < 1.29 is 8.60 Å². The molecule has 156 valence electrons. The van der Waals surface area contributed by atoms with Crippen molar-refractivity contribution in [2.24, 2.45) is 0 Å². The molecule has 1 saturated heterocycles. The van der Waals surface area contributed by atoms with E-state index in [1.807, 2.05) is 12.1 Å². The lowest BCUT2D eigenvalue weighted by atomic mass is 9.94. The Bertz CT molecular complexity index is 1030. The largest absolute Gasteiger partial charge is 0.292 e. The van der Waals surface area contributed by atoms with E-state index in [2.05, 4.69) is 38.9 Å². The SMILES string of the molecule is O=S(Nc1cccc(F)n1)c1ccc(CN2CCCCC2c2ccccc2)c(Cl)c1. The molecule has 4 rings (SSSR count). The second kappa shape index (κ2) is 9.69. The minimum absolute atomic E-state index is 0.215. The second-order valence-corrected chi connectivity index (χ2v) is 8.98. The van der Waals surface area contributed by atoms with Crippen LogP contribution in [0.4, 0.5) is 10.2 Å². The van der Waals surface area contributed by atoms with Crippen LogP contribution in [0.25, 0.3) is 0 Å². The van der Waals surface area contributed by atoms with Crippen LogP contribution in [0.15, 0.2) is 71.6 Å². The van der Waals surface area contributed by atoms with E-state index in [4.69, 9.17) is 11.6 Å². The van der Waals surface area contributed by atoms with Gasteiger partial charge in [-0.05, 0) is 54.8 Å². The minimum atomic E-state index is -1.58. The number of rotatable bonds is 6. The molecule has 7 heteroatoms. The molecule has 1 fully saturated rings. The Kier molecular flexibility index (Phi) is 6.77. The van der Waals surface area contributed by atoms with Crippen molar-refractivity contribution in [3.8, 4) is 0 Å². The number of likely N-dealkylation sites (tertiary alicyclic amines) is 1. The van der Waals surface area contributed by atoms with Crippen molar-refractivity contribution in [3.63, 3.8) is 0 Å². The van der Waals surface area contributed by atoms with E-state index < -0.39 is 16.9 Å². The summed E-state index contributed by atoms with van der Waals surface area (Å²) in [6, 6.07) is 20.7. The van der Waals surface area contributed by atoms with E-state index >= 15 is 0 Å². The van der Waals surface area contributed by atoms with Crippen LogP contribution >= 0.6 is 11.6 Å². The maximum Gasteiger partial charge on any atom is 0.214 e. The van der Waals surface area contributed by atoms with Crippen LogP contribution in [0, 0.1) is 5.95 Å². The Morgan fingerprint density at radius 1 is 1.10 bits per heavy atom. The van der Waals surface area contributed by atoms with Gasteiger partial charge < -0.3 is 0 Å². The fourth-order valence-corrected chi connectivity index (χ4v) is 4.99. The van der Waals surface area contributed by atoms with E-state index in [9.17, 15) is 8.60 Å². The summed E-state index contributed by atoms with van der Waals surface area (Å²) >= 11 is 6.55. The van der Waals surface area contributed by atoms with Crippen molar-refractivity contribution in [2.45, 2.75) is 36.7 Å². The van der Waals surface area contributed by atoms with Gasteiger partial charge in [-0.3, -0.25) is 9.62 Å². The number of anilines is 1. The maximum absolute atomic E-state index is 13.2. The highest BCUT2D eigenvalue weighted by molar-refractivity contribution is 7.86. The molecule has 1 aliphatic heterocycles. The molecule has 2 aromatic carbocycles. The summed E-state index contributed by atoms with van der Waals surface area (Å²) in [6.45, 7) is 1.76. The number of hydrogen-bond acceptors (Lipinski definition) is 3. The van der Waals surface area contributed by atoms with E-state index in [1.54, 1.807) is 18.2 Å². The molecular weight excluding hydrogens is 421 g/mol. The molecule has 0 spiro atoms. The average Bonchev–Trinajstić information content (AvgIpc) is 2.76. The number of aromatic nitrogens is 1. The molecule has 1 aliphatic rings. The Labute approximate surface area is 183 Å². The highest BCUT2D eigenvalue weighted by Crippen LogP contribution is 2.33. The number of piperidine rings is 1. The molecule has 4 nitrogen and oxygen atoms in total. The molecule has 2 heterocycles. The number of nitrogens with one attached hydrogen (secondary N) is 1. The standard InChI is InChI=1S/C23H23ClFN3OS/c24-20-15-19(30(29)27-23-11-6-10-22(25)26-23)13-12-18(20)16-28-14-5-4-9-21(28)17-7-2-1-3-8-17/h1-3,6-8,10-13,15,21H,4-5,9,14,16H2,(H,26,27). The number of halogens is 2. The van der Waals surface area contributed by atoms with Gasteiger partial charge in [0.05, 0.1) is 4.90 Å². The van der Waals surface area contributed by atoms with Crippen LogP contribution in [0.1, 0.15) is 36.4 Å². The van der Waals surface area contributed by atoms with Crippen molar-refractivity contribution in [2.75, 3.05) is 11.3 Å². The van der Waals surface area contributed by atoms with Crippen LogP contribution in [0.2, 0.25) is 5.02 Å². The van der Waals surface area contributed by atoms with Gasteiger partial charge in [0.25, 0.3) is 0 Å². The van der Waals surface area contributed by atoms with Crippen LogP contribution in [0.3, 0.4) is 0 Å². The molecule has 0 bridgehead atoms. The average molecular weight is 444 g/mol. The molecule has 30 heavy (non-hydrogen) atoms. The number of hydrogen-bond donors (Lipinski definition) is 1. The van der Waals surface area contributed by atoms with E-state index in [0.717, 1.165) is 25.1 Å². The minimum Gasteiger partial charge on any atom is -0.292 e. The van der Waals surface area contributed by atoms with Gasteiger partial charge in [0.1, 0.15) is 5.82 Å². The molecule has 1 aromatic heterocycles. The van der Waals surface area contributed by atoms with Crippen molar-refractivity contribution in [3.05, 3.63) is 88.8 Å². The van der Waals surface area contributed by atoms with Crippen LogP contribution < -0.4 is 4.72 Å². The van der Waals surface area contributed by atoms with E-state index in [-0.39, 0.29) is 5.82 Å². The van der Waals surface area contributed by atoms with E-state index in [0.29, 0.717) is 16.0 Å². The quantitative estimate of drug-likeness (QED) is 0.494. The summed E-state index contributed by atoms with van der Waals surface area (Å²) in [5.74, 6) is -0.410. The molecule has 3 aromatic rings. The van der Waals surface area contributed by atoms with Gasteiger partial charge >= 0.3 is 0 Å². The van der Waals surface area contributed by atoms with Gasteiger partial charge in [0, 0.05) is 17.6 Å². The molecule has 0 radical (unpaired) electrons. The first-order valence-electron chi connectivity index (χ1n) is 9.98. The first kappa shape index (κ1) is 21.0. The third-order valence-electron chi connectivity index (χ3n) is 5.32. The predicted molar refractivity (Wildman–Crippen MR) is 119 cm³/mol.